The molecule has 1 rings (SSSR count). The molecule has 0 bridgehead atoms. The Morgan fingerprint density at radius 2 is 1.58 bits per heavy atom. The first kappa shape index (κ1) is 16.2. The second-order valence-corrected chi connectivity index (χ2v) is 6.19. The van der Waals surface area contributed by atoms with Crippen LogP contribution in [0.1, 0.15) is 32.8 Å². The van der Waals surface area contributed by atoms with Crippen molar-refractivity contribution in [2.75, 3.05) is 19.8 Å². The third-order valence-corrected chi connectivity index (χ3v) is 3.26. The first-order valence-electron chi connectivity index (χ1n) is 6.80. The standard InChI is InChI=1S/C16H26O3/c1-15(2,3)19-10-9-16(12-17,13-18)11-14-7-5-4-6-8-14/h4-8,17-18H,9-13H2,1-3H3. The molecule has 0 aromatic heterocycles. The van der Waals surface area contributed by atoms with E-state index in [1.165, 1.54) is 0 Å². The molecule has 0 saturated heterocycles. The Morgan fingerprint density at radius 1 is 1.00 bits per heavy atom. The summed E-state index contributed by atoms with van der Waals surface area (Å²) >= 11 is 0. The van der Waals surface area contributed by atoms with Gasteiger partial charge in [0.2, 0.25) is 0 Å². The lowest BCUT2D eigenvalue weighted by atomic mass is 9.80. The highest BCUT2D eigenvalue weighted by Gasteiger charge is 2.29. The average molecular weight is 266 g/mol. The lowest BCUT2D eigenvalue weighted by Gasteiger charge is -2.31. The molecule has 19 heavy (non-hydrogen) atoms. The summed E-state index contributed by atoms with van der Waals surface area (Å²) in [5.41, 5.74) is 0.428. The van der Waals surface area contributed by atoms with Gasteiger partial charge in [-0.25, -0.2) is 0 Å². The van der Waals surface area contributed by atoms with Crippen LogP contribution in [0.15, 0.2) is 30.3 Å². The van der Waals surface area contributed by atoms with Crippen LogP contribution in [0.3, 0.4) is 0 Å². The summed E-state index contributed by atoms with van der Waals surface area (Å²) in [7, 11) is 0. The van der Waals surface area contributed by atoms with E-state index in [0.717, 1.165) is 5.56 Å². The summed E-state index contributed by atoms with van der Waals surface area (Å²) in [6.07, 6.45) is 1.31. The second kappa shape index (κ2) is 7.04. The SMILES string of the molecule is CC(C)(C)OCCC(CO)(CO)Cc1ccccc1. The van der Waals surface area contributed by atoms with Crippen molar-refractivity contribution >= 4 is 0 Å². The van der Waals surface area contributed by atoms with Crippen LogP contribution in [0.25, 0.3) is 0 Å². The Kier molecular flexibility index (Phi) is 5.98. The molecule has 3 heteroatoms. The van der Waals surface area contributed by atoms with E-state index >= 15 is 0 Å². The van der Waals surface area contributed by atoms with Gasteiger partial charge in [0.25, 0.3) is 0 Å². The van der Waals surface area contributed by atoms with E-state index in [2.05, 4.69) is 0 Å². The zero-order valence-corrected chi connectivity index (χ0v) is 12.2. The number of rotatable bonds is 7. The minimum absolute atomic E-state index is 0.0358. The van der Waals surface area contributed by atoms with Gasteiger partial charge in [0.05, 0.1) is 18.8 Å². The number of hydrogen-bond acceptors (Lipinski definition) is 3. The van der Waals surface area contributed by atoms with Crippen LogP contribution < -0.4 is 0 Å². The summed E-state index contributed by atoms with van der Waals surface area (Å²) in [6, 6.07) is 9.95. The second-order valence-electron chi connectivity index (χ2n) is 6.19. The van der Waals surface area contributed by atoms with E-state index in [1.807, 2.05) is 51.1 Å². The first-order valence-corrected chi connectivity index (χ1v) is 6.80. The average Bonchev–Trinajstić information content (AvgIpc) is 2.37. The van der Waals surface area contributed by atoms with Crippen molar-refractivity contribution in [1.82, 2.24) is 0 Å². The number of aliphatic hydroxyl groups excluding tert-OH is 2. The fourth-order valence-corrected chi connectivity index (χ4v) is 2.01. The third kappa shape index (κ3) is 5.72. The topological polar surface area (TPSA) is 49.7 Å². The molecule has 0 atom stereocenters. The molecular weight excluding hydrogens is 240 g/mol. The van der Waals surface area contributed by atoms with E-state index in [9.17, 15) is 10.2 Å². The van der Waals surface area contributed by atoms with Gasteiger partial charge >= 0.3 is 0 Å². The van der Waals surface area contributed by atoms with Gasteiger partial charge in [0.15, 0.2) is 0 Å². The van der Waals surface area contributed by atoms with Crippen LogP contribution in [-0.4, -0.2) is 35.6 Å². The summed E-state index contributed by atoms with van der Waals surface area (Å²) in [5, 5.41) is 19.3. The molecule has 0 aliphatic rings. The zero-order chi connectivity index (χ0) is 14.4. The highest BCUT2D eigenvalue weighted by atomic mass is 16.5. The minimum atomic E-state index is -0.507. The maximum absolute atomic E-state index is 9.65. The molecule has 0 radical (unpaired) electrons. The summed E-state index contributed by atoms with van der Waals surface area (Å²) in [6.45, 7) is 6.48. The maximum Gasteiger partial charge on any atom is 0.0598 e. The van der Waals surface area contributed by atoms with Crippen LogP contribution in [0.5, 0.6) is 0 Å². The van der Waals surface area contributed by atoms with E-state index in [1.54, 1.807) is 0 Å². The maximum atomic E-state index is 9.65. The predicted octanol–water partition coefficient (Wildman–Crippen LogP) is 2.41. The molecule has 0 amide bonds. The van der Waals surface area contributed by atoms with Crippen LogP contribution >= 0.6 is 0 Å². The smallest absolute Gasteiger partial charge is 0.0598 e. The molecule has 0 unspecified atom stereocenters. The highest BCUT2D eigenvalue weighted by molar-refractivity contribution is 5.16. The molecule has 0 aliphatic carbocycles. The highest BCUT2D eigenvalue weighted by Crippen LogP contribution is 2.27. The normalized spacial score (nSPS) is 12.7. The lowest BCUT2D eigenvalue weighted by molar-refractivity contribution is -0.0386. The Morgan fingerprint density at radius 3 is 2.05 bits per heavy atom. The fourth-order valence-electron chi connectivity index (χ4n) is 2.01. The van der Waals surface area contributed by atoms with Crippen molar-refractivity contribution in [3.05, 3.63) is 35.9 Å². The van der Waals surface area contributed by atoms with E-state index < -0.39 is 5.41 Å². The number of aliphatic hydroxyl groups is 2. The summed E-state index contributed by atoms with van der Waals surface area (Å²) < 4.78 is 5.70. The van der Waals surface area contributed by atoms with Crippen molar-refractivity contribution in [3.63, 3.8) is 0 Å². The molecule has 3 nitrogen and oxygen atoms in total. The monoisotopic (exact) mass is 266 g/mol. The van der Waals surface area contributed by atoms with Crippen molar-refractivity contribution in [1.29, 1.82) is 0 Å². The molecule has 0 aliphatic heterocycles. The van der Waals surface area contributed by atoms with Crippen molar-refractivity contribution < 1.29 is 14.9 Å². The van der Waals surface area contributed by atoms with E-state index in [4.69, 9.17) is 4.74 Å². The molecule has 0 heterocycles. The van der Waals surface area contributed by atoms with Gasteiger partial charge in [-0.3, -0.25) is 0 Å². The van der Waals surface area contributed by atoms with Gasteiger partial charge in [0.1, 0.15) is 0 Å². The van der Waals surface area contributed by atoms with Crippen molar-refractivity contribution in [2.24, 2.45) is 5.41 Å². The Hall–Kier alpha value is -0.900. The molecule has 1 aromatic carbocycles. The number of hydrogen-bond donors (Lipinski definition) is 2. The van der Waals surface area contributed by atoms with Crippen LogP contribution in [0.4, 0.5) is 0 Å². The minimum Gasteiger partial charge on any atom is -0.396 e. The van der Waals surface area contributed by atoms with Gasteiger partial charge in [0, 0.05) is 12.0 Å². The fraction of sp³-hybridized carbons (Fsp3) is 0.625. The molecule has 2 N–H and O–H groups in total. The zero-order valence-electron chi connectivity index (χ0n) is 12.2. The van der Waals surface area contributed by atoms with Crippen molar-refractivity contribution in [3.8, 4) is 0 Å². The van der Waals surface area contributed by atoms with Crippen molar-refractivity contribution in [2.45, 2.75) is 39.2 Å². The molecule has 0 spiro atoms. The molecule has 0 fully saturated rings. The van der Waals surface area contributed by atoms with E-state index in [0.29, 0.717) is 19.4 Å². The van der Waals surface area contributed by atoms with Gasteiger partial charge in [-0.2, -0.15) is 0 Å². The Balaban J connectivity index is 2.63. The third-order valence-electron chi connectivity index (χ3n) is 3.26. The Bertz CT molecular complexity index is 350. The van der Waals surface area contributed by atoms with E-state index in [-0.39, 0.29) is 18.8 Å². The molecule has 0 saturated carbocycles. The van der Waals surface area contributed by atoms with Gasteiger partial charge in [-0.15, -0.1) is 0 Å². The first-order chi connectivity index (χ1) is 8.91. The van der Waals surface area contributed by atoms with Crippen LogP contribution in [0.2, 0.25) is 0 Å². The number of benzene rings is 1. The largest absolute Gasteiger partial charge is 0.396 e. The lowest BCUT2D eigenvalue weighted by Crippen LogP contribution is -2.35. The summed E-state index contributed by atoms with van der Waals surface area (Å²) in [5.74, 6) is 0. The molecule has 1 aromatic rings. The van der Waals surface area contributed by atoms with Gasteiger partial charge < -0.3 is 14.9 Å². The van der Waals surface area contributed by atoms with Crippen LogP contribution in [0, 0.1) is 5.41 Å². The van der Waals surface area contributed by atoms with Gasteiger partial charge in [-0.05, 0) is 39.2 Å². The predicted molar refractivity (Wildman–Crippen MR) is 77.1 cm³/mol. The number of ether oxygens (including phenoxy) is 1. The molecular formula is C16H26O3. The van der Waals surface area contributed by atoms with Gasteiger partial charge in [-0.1, -0.05) is 30.3 Å². The summed E-state index contributed by atoms with van der Waals surface area (Å²) in [4.78, 5) is 0. The quantitative estimate of drug-likeness (QED) is 0.797. The van der Waals surface area contributed by atoms with Crippen LogP contribution in [-0.2, 0) is 11.2 Å². The Labute approximate surface area is 116 Å². The molecule has 108 valence electrons.